The third kappa shape index (κ3) is 1.88. The van der Waals surface area contributed by atoms with Gasteiger partial charge in [0, 0.05) is 41.8 Å². The summed E-state index contributed by atoms with van der Waals surface area (Å²) in [6.45, 7) is 1.53. The molecule has 94 valence electrons. The maximum absolute atomic E-state index is 12.5. The molecule has 1 aromatic carbocycles. The van der Waals surface area contributed by atoms with Crippen LogP contribution in [-0.4, -0.2) is 34.9 Å². The van der Waals surface area contributed by atoms with Crippen LogP contribution in [0.25, 0.3) is 10.9 Å². The Balaban J connectivity index is 1.90. The highest BCUT2D eigenvalue weighted by molar-refractivity contribution is 6.06. The van der Waals surface area contributed by atoms with Crippen LogP contribution in [0.1, 0.15) is 23.2 Å². The molecule has 0 unspecified atom stereocenters. The number of benzene rings is 1. The Bertz CT molecular complexity index is 567. The molecule has 2 aromatic rings. The molecule has 3 rings (SSSR count). The van der Waals surface area contributed by atoms with Gasteiger partial charge in [-0.25, -0.2) is 0 Å². The zero-order valence-electron chi connectivity index (χ0n) is 10.2. The van der Waals surface area contributed by atoms with Crippen LogP contribution < -0.4 is 5.73 Å². The van der Waals surface area contributed by atoms with Gasteiger partial charge in [-0.3, -0.25) is 4.79 Å². The predicted octanol–water partition coefficient (Wildman–Crippen LogP) is 1.73. The van der Waals surface area contributed by atoms with Crippen LogP contribution >= 0.6 is 0 Å². The van der Waals surface area contributed by atoms with Gasteiger partial charge in [-0.1, -0.05) is 6.07 Å². The number of nitrogens with zero attached hydrogens (tertiary/aromatic N) is 1. The first-order valence-electron chi connectivity index (χ1n) is 6.36. The smallest absolute Gasteiger partial charge is 0.254 e. The van der Waals surface area contributed by atoms with Crippen LogP contribution in [0.5, 0.6) is 0 Å². The van der Waals surface area contributed by atoms with Gasteiger partial charge in [0.2, 0.25) is 0 Å². The number of rotatable bonds is 1. The summed E-state index contributed by atoms with van der Waals surface area (Å²) in [4.78, 5) is 17.5. The molecule has 1 aliphatic heterocycles. The summed E-state index contributed by atoms with van der Waals surface area (Å²) in [5.41, 5.74) is 7.66. The number of nitrogens with one attached hydrogen (secondary N) is 1. The molecule has 1 fully saturated rings. The second kappa shape index (κ2) is 4.46. The second-order valence-electron chi connectivity index (χ2n) is 4.87. The molecule has 0 radical (unpaired) electrons. The van der Waals surface area contributed by atoms with Crippen LogP contribution in [0.15, 0.2) is 30.5 Å². The van der Waals surface area contributed by atoms with Crippen molar-refractivity contribution in [2.75, 3.05) is 13.1 Å². The number of hydrogen-bond donors (Lipinski definition) is 2. The minimum Gasteiger partial charge on any atom is -0.361 e. The summed E-state index contributed by atoms with van der Waals surface area (Å²) in [7, 11) is 0. The standard InChI is InChI=1S/C14H17N3O/c15-10-5-8-17(9-6-10)14(18)12-2-1-3-13-11(12)4-7-16-13/h1-4,7,10,16H,5-6,8-9,15H2. The average Bonchev–Trinajstić information content (AvgIpc) is 2.87. The van der Waals surface area contributed by atoms with E-state index in [1.54, 1.807) is 0 Å². The summed E-state index contributed by atoms with van der Waals surface area (Å²) in [6.07, 6.45) is 3.66. The number of nitrogens with two attached hydrogens (primary N) is 1. The quantitative estimate of drug-likeness (QED) is 0.801. The van der Waals surface area contributed by atoms with Crippen LogP contribution in [0.4, 0.5) is 0 Å². The number of piperidine rings is 1. The Morgan fingerprint density at radius 3 is 2.83 bits per heavy atom. The molecular formula is C14H17N3O. The lowest BCUT2D eigenvalue weighted by atomic mass is 10.0. The number of aromatic nitrogens is 1. The van der Waals surface area contributed by atoms with Gasteiger partial charge in [0.1, 0.15) is 0 Å². The topological polar surface area (TPSA) is 62.1 Å². The Morgan fingerprint density at radius 1 is 1.28 bits per heavy atom. The molecule has 0 aliphatic carbocycles. The van der Waals surface area contributed by atoms with E-state index in [1.165, 1.54) is 0 Å². The van der Waals surface area contributed by atoms with Crippen molar-refractivity contribution in [2.24, 2.45) is 5.73 Å². The van der Waals surface area contributed by atoms with Gasteiger partial charge in [0.25, 0.3) is 5.91 Å². The zero-order valence-corrected chi connectivity index (χ0v) is 10.2. The normalized spacial score (nSPS) is 17.3. The number of fused-ring (bicyclic) bond motifs is 1. The van der Waals surface area contributed by atoms with Crippen molar-refractivity contribution in [2.45, 2.75) is 18.9 Å². The van der Waals surface area contributed by atoms with Gasteiger partial charge in [0.05, 0.1) is 0 Å². The van der Waals surface area contributed by atoms with Crippen LogP contribution in [0, 0.1) is 0 Å². The number of amides is 1. The van der Waals surface area contributed by atoms with Crippen molar-refractivity contribution in [3.8, 4) is 0 Å². The fourth-order valence-corrected chi connectivity index (χ4v) is 2.54. The highest BCUT2D eigenvalue weighted by Gasteiger charge is 2.22. The van der Waals surface area contributed by atoms with E-state index in [-0.39, 0.29) is 11.9 Å². The lowest BCUT2D eigenvalue weighted by molar-refractivity contribution is 0.0717. The Morgan fingerprint density at radius 2 is 2.06 bits per heavy atom. The molecular weight excluding hydrogens is 226 g/mol. The number of aromatic amines is 1. The van der Waals surface area contributed by atoms with Gasteiger partial charge in [-0.15, -0.1) is 0 Å². The van der Waals surface area contributed by atoms with Crippen molar-refractivity contribution in [3.63, 3.8) is 0 Å². The summed E-state index contributed by atoms with van der Waals surface area (Å²) >= 11 is 0. The van der Waals surface area contributed by atoms with Crippen molar-refractivity contribution in [3.05, 3.63) is 36.0 Å². The molecule has 0 atom stereocenters. The predicted molar refractivity (Wildman–Crippen MR) is 71.4 cm³/mol. The van der Waals surface area contributed by atoms with Gasteiger partial charge < -0.3 is 15.6 Å². The van der Waals surface area contributed by atoms with Crippen molar-refractivity contribution < 1.29 is 4.79 Å². The van der Waals surface area contributed by atoms with Gasteiger partial charge in [-0.05, 0) is 31.0 Å². The lowest BCUT2D eigenvalue weighted by Gasteiger charge is -2.30. The Hall–Kier alpha value is -1.81. The first kappa shape index (κ1) is 11.3. The highest BCUT2D eigenvalue weighted by Crippen LogP contribution is 2.20. The molecule has 1 aliphatic rings. The van der Waals surface area contributed by atoms with Crippen LogP contribution in [0.2, 0.25) is 0 Å². The van der Waals surface area contributed by atoms with Crippen LogP contribution in [-0.2, 0) is 0 Å². The van der Waals surface area contributed by atoms with E-state index < -0.39 is 0 Å². The number of carbonyl (C=O) groups is 1. The third-order valence-corrected chi connectivity index (χ3v) is 3.65. The van der Waals surface area contributed by atoms with E-state index in [0.717, 1.165) is 42.4 Å². The van der Waals surface area contributed by atoms with Gasteiger partial charge in [0.15, 0.2) is 0 Å². The monoisotopic (exact) mass is 243 g/mol. The minimum absolute atomic E-state index is 0.118. The van der Waals surface area contributed by atoms with Crippen LogP contribution in [0.3, 0.4) is 0 Å². The maximum Gasteiger partial charge on any atom is 0.254 e. The minimum atomic E-state index is 0.118. The highest BCUT2D eigenvalue weighted by atomic mass is 16.2. The van der Waals surface area contributed by atoms with E-state index in [1.807, 2.05) is 35.4 Å². The van der Waals surface area contributed by atoms with E-state index >= 15 is 0 Å². The Labute approximate surface area is 106 Å². The van der Waals surface area contributed by atoms with Gasteiger partial charge >= 0.3 is 0 Å². The summed E-state index contributed by atoms with van der Waals surface area (Å²) in [5.74, 6) is 0.118. The first-order chi connectivity index (χ1) is 8.75. The molecule has 18 heavy (non-hydrogen) atoms. The Kier molecular flexibility index (Phi) is 2.80. The summed E-state index contributed by atoms with van der Waals surface area (Å²) in [6, 6.07) is 8.00. The number of H-pyrrole nitrogens is 1. The number of likely N-dealkylation sites (tertiary alicyclic amines) is 1. The SMILES string of the molecule is NC1CCN(C(=O)c2cccc3[nH]ccc23)CC1. The van der Waals surface area contributed by atoms with E-state index in [0.29, 0.717) is 0 Å². The van der Waals surface area contributed by atoms with E-state index in [4.69, 9.17) is 5.73 Å². The molecule has 1 saturated heterocycles. The average molecular weight is 243 g/mol. The summed E-state index contributed by atoms with van der Waals surface area (Å²) < 4.78 is 0. The molecule has 0 saturated carbocycles. The lowest BCUT2D eigenvalue weighted by Crippen LogP contribution is -2.42. The molecule has 0 spiro atoms. The number of carbonyl (C=O) groups excluding carboxylic acids is 1. The molecule has 2 heterocycles. The molecule has 1 amide bonds. The molecule has 4 heteroatoms. The molecule has 3 N–H and O–H groups in total. The maximum atomic E-state index is 12.5. The van der Waals surface area contributed by atoms with Crippen molar-refractivity contribution in [1.29, 1.82) is 0 Å². The second-order valence-corrected chi connectivity index (χ2v) is 4.87. The van der Waals surface area contributed by atoms with Gasteiger partial charge in [-0.2, -0.15) is 0 Å². The largest absolute Gasteiger partial charge is 0.361 e. The number of hydrogen-bond acceptors (Lipinski definition) is 2. The fraction of sp³-hybridized carbons (Fsp3) is 0.357. The molecule has 4 nitrogen and oxygen atoms in total. The van der Waals surface area contributed by atoms with Crippen molar-refractivity contribution in [1.82, 2.24) is 9.88 Å². The zero-order chi connectivity index (χ0) is 12.5. The molecule has 1 aromatic heterocycles. The fourth-order valence-electron chi connectivity index (χ4n) is 2.54. The van der Waals surface area contributed by atoms with E-state index in [9.17, 15) is 4.79 Å². The third-order valence-electron chi connectivity index (χ3n) is 3.65. The molecule has 0 bridgehead atoms. The first-order valence-corrected chi connectivity index (χ1v) is 6.36. The summed E-state index contributed by atoms with van der Waals surface area (Å²) in [5, 5.41) is 0.998. The van der Waals surface area contributed by atoms with Crippen molar-refractivity contribution >= 4 is 16.8 Å². The van der Waals surface area contributed by atoms with E-state index in [2.05, 4.69) is 4.98 Å².